The number of nitrogens with two attached hydrogens (primary N) is 1. The number of allylic oxidation sites excluding steroid dienone is 1. The summed E-state index contributed by atoms with van der Waals surface area (Å²) in [5.41, 5.74) is 7.47. The number of nitrogens with zero attached hydrogens (tertiary/aromatic N) is 6. The number of benzene rings is 2. The molecule has 0 saturated carbocycles. The molecular weight excluding hydrogens is 648 g/mol. The van der Waals surface area contributed by atoms with Crippen LogP contribution in [0.1, 0.15) is 33.6 Å². The van der Waals surface area contributed by atoms with Crippen LogP contribution in [0.25, 0.3) is 22.3 Å². The van der Waals surface area contributed by atoms with Crippen LogP contribution in [0.3, 0.4) is 0 Å². The summed E-state index contributed by atoms with van der Waals surface area (Å²) in [5, 5.41) is 16.4. The molecule has 6 rings (SSSR count). The summed E-state index contributed by atoms with van der Waals surface area (Å²) in [5.74, 6) is 0.321. The van der Waals surface area contributed by atoms with Crippen molar-refractivity contribution in [3.63, 3.8) is 0 Å². The minimum absolute atomic E-state index is 0.179. The molecule has 0 bridgehead atoms. The number of hydrogen-bond donors (Lipinski definition) is 1. The fraction of sp³-hybridized carbons (Fsp3) is 0.382. The normalized spacial score (nSPS) is 17.9. The topological polar surface area (TPSA) is 132 Å². The first-order valence-electron chi connectivity index (χ1n) is 15.5. The predicted octanol–water partition coefficient (Wildman–Crippen LogP) is 6.14. The second kappa shape index (κ2) is 13.2. The summed E-state index contributed by atoms with van der Waals surface area (Å²) in [6.07, 6.45) is 4.79. The Morgan fingerprint density at radius 1 is 1.22 bits per heavy atom. The van der Waals surface area contributed by atoms with Crippen molar-refractivity contribution >= 4 is 37.4 Å². The van der Waals surface area contributed by atoms with Crippen LogP contribution in [-0.4, -0.2) is 71.0 Å². The molecular formula is C34H37AsFN7O3. The molecule has 4 heterocycles. The van der Waals surface area contributed by atoms with Gasteiger partial charge < -0.3 is 4.74 Å². The molecule has 46 heavy (non-hydrogen) atoms. The Balaban J connectivity index is 1.27. The molecule has 10 nitrogen and oxygen atoms in total. The van der Waals surface area contributed by atoms with E-state index in [0.29, 0.717) is 46.0 Å². The molecule has 1 amide bonds. The van der Waals surface area contributed by atoms with E-state index in [1.165, 1.54) is 12.4 Å². The molecule has 4 aromatic rings. The Morgan fingerprint density at radius 3 is 2.67 bits per heavy atom. The number of para-hydroxylation sites is 1. The van der Waals surface area contributed by atoms with Gasteiger partial charge in [-0.2, -0.15) is 0 Å². The van der Waals surface area contributed by atoms with Gasteiger partial charge in [-0.3, -0.25) is 0 Å². The summed E-state index contributed by atoms with van der Waals surface area (Å²) in [6, 6.07) is 15.7. The van der Waals surface area contributed by atoms with Gasteiger partial charge in [0.1, 0.15) is 11.5 Å². The van der Waals surface area contributed by atoms with Crippen LogP contribution in [0.15, 0.2) is 66.5 Å². The molecule has 0 radical (unpaired) electrons. The van der Waals surface area contributed by atoms with Crippen LogP contribution < -0.4 is 10.5 Å². The molecule has 2 N–H and O–H groups in total. The SMILES string of the molecule is CC[As](C1COC1)C(C)(C)C=C(C#N)C(=O)N1CCC[C@@H]1Cn1nc(-c2ccc(Oc3ccccc3)cc2F)c2c(N)ncnc21. The number of nitriles is 1. The van der Waals surface area contributed by atoms with Crippen LogP contribution in [0.2, 0.25) is 14.1 Å². The number of ether oxygens (including phenoxy) is 2. The average Bonchev–Trinajstić information content (AvgIpc) is 3.63. The van der Waals surface area contributed by atoms with Crippen LogP contribution in [-0.2, 0) is 16.1 Å². The first-order chi connectivity index (χ1) is 22.2. The number of hydrogen-bond acceptors (Lipinski definition) is 8. The number of fused-ring (bicyclic) bond motifs is 1. The third kappa shape index (κ3) is 6.24. The van der Waals surface area contributed by atoms with E-state index in [1.807, 2.05) is 24.3 Å². The maximum atomic E-state index is 15.6. The minimum atomic E-state index is -1.42. The second-order valence-corrected chi connectivity index (χ2v) is 19.4. The van der Waals surface area contributed by atoms with Gasteiger partial charge in [-0.15, -0.1) is 0 Å². The number of carbonyl (C=O) groups is 1. The number of likely N-dealkylation sites (tertiary alicyclic amines) is 1. The van der Waals surface area contributed by atoms with Crippen molar-refractivity contribution in [1.82, 2.24) is 24.6 Å². The molecule has 2 aromatic carbocycles. The van der Waals surface area contributed by atoms with E-state index >= 15 is 4.39 Å². The van der Waals surface area contributed by atoms with E-state index in [9.17, 15) is 10.1 Å². The molecule has 12 heteroatoms. The van der Waals surface area contributed by atoms with Crippen molar-refractivity contribution in [2.24, 2.45) is 0 Å². The van der Waals surface area contributed by atoms with Crippen molar-refractivity contribution in [2.75, 3.05) is 25.5 Å². The zero-order valence-electron chi connectivity index (χ0n) is 26.2. The molecule has 2 aliphatic rings. The number of carbonyl (C=O) groups excluding carboxylic acids is 1. The molecule has 2 aromatic heterocycles. The van der Waals surface area contributed by atoms with Gasteiger partial charge in [0.2, 0.25) is 0 Å². The number of aromatic nitrogens is 4. The third-order valence-corrected chi connectivity index (χ3v) is 16.0. The van der Waals surface area contributed by atoms with Crippen LogP contribution in [0, 0.1) is 17.1 Å². The summed E-state index contributed by atoms with van der Waals surface area (Å²) < 4.78 is 28.9. The summed E-state index contributed by atoms with van der Waals surface area (Å²) >= 11 is -1.42. The van der Waals surface area contributed by atoms with Crippen molar-refractivity contribution in [3.8, 4) is 28.8 Å². The number of halogens is 1. The zero-order chi connectivity index (χ0) is 32.4. The van der Waals surface area contributed by atoms with Gasteiger partial charge in [-0.1, -0.05) is 18.2 Å². The third-order valence-electron chi connectivity index (χ3n) is 8.75. The Hall–Kier alpha value is -4.26. The van der Waals surface area contributed by atoms with E-state index in [4.69, 9.17) is 20.3 Å². The molecule has 238 valence electrons. The Kier molecular flexibility index (Phi) is 9.12. The number of anilines is 1. The van der Waals surface area contributed by atoms with Gasteiger partial charge in [-0.05, 0) is 18.2 Å². The number of amides is 1. The average molecular weight is 686 g/mol. The van der Waals surface area contributed by atoms with Crippen LogP contribution in [0.5, 0.6) is 11.5 Å². The molecule has 0 spiro atoms. The van der Waals surface area contributed by atoms with Gasteiger partial charge in [0.15, 0.2) is 0 Å². The predicted molar refractivity (Wildman–Crippen MR) is 175 cm³/mol. The number of rotatable bonds is 10. The van der Waals surface area contributed by atoms with E-state index in [0.717, 1.165) is 31.3 Å². The first kappa shape index (κ1) is 31.7. The summed E-state index contributed by atoms with van der Waals surface area (Å²) in [7, 11) is 0. The van der Waals surface area contributed by atoms with Gasteiger partial charge in [-0.25, -0.2) is 4.39 Å². The first-order valence-corrected chi connectivity index (χ1v) is 18.8. The standard InChI is InChI=1S/C34H37AsFN7O3/c1-4-35(23-19-45-20-23)34(2,3)16-22(17-37)33(44)42-14-8-9-24(42)18-43-32-29(31(38)39-21-40-32)30(41-43)27-13-12-26(15-28(27)36)46-25-10-6-5-7-11-25/h5-7,10-13,15-16,21,23-24H,4,8-9,14,18-20H2,1-3H3,(H2,38,39,40)/t24-,35?/m1/s1. The van der Waals surface area contributed by atoms with E-state index in [-0.39, 0.29) is 33.1 Å². The fourth-order valence-corrected chi connectivity index (χ4v) is 13.1. The van der Waals surface area contributed by atoms with Crippen LogP contribution >= 0.6 is 0 Å². The zero-order valence-corrected chi connectivity index (χ0v) is 28.1. The Morgan fingerprint density at radius 2 is 2.00 bits per heavy atom. The van der Waals surface area contributed by atoms with Gasteiger partial charge in [0, 0.05) is 6.07 Å². The van der Waals surface area contributed by atoms with Crippen molar-refractivity contribution in [3.05, 3.63) is 72.3 Å². The Labute approximate surface area is 272 Å². The van der Waals surface area contributed by atoms with E-state index in [1.54, 1.807) is 33.8 Å². The van der Waals surface area contributed by atoms with Gasteiger partial charge in [0.05, 0.1) is 0 Å². The van der Waals surface area contributed by atoms with Crippen molar-refractivity contribution in [1.29, 1.82) is 5.26 Å². The summed E-state index contributed by atoms with van der Waals surface area (Å²) in [4.78, 5) is 24.2. The van der Waals surface area contributed by atoms with E-state index in [2.05, 4.69) is 36.8 Å². The quantitative estimate of drug-likeness (QED) is 0.120. The number of nitrogen functional groups attached to an aromatic ring is 1. The fourth-order valence-electron chi connectivity index (χ4n) is 6.49. The van der Waals surface area contributed by atoms with Crippen molar-refractivity contribution < 1.29 is 18.7 Å². The van der Waals surface area contributed by atoms with Gasteiger partial charge in [0.25, 0.3) is 0 Å². The molecule has 2 aliphatic heterocycles. The molecule has 1 unspecified atom stereocenters. The monoisotopic (exact) mass is 685 g/mol. The van der Waals surface area contributed by atoms with Crippen LogP contribution in [0.4, 0.5) is 10.2 Å². The second-order valence-electron chi connectivity index (χ2n) is 12.1. The Bertz CT molecular complexity index is 1820. The molecule has 2 atom stereocenters. The van der Waals surface area contributed by atoms with E-state index < -0.39 is 20.5 Å². The maximum absolute atomic E-state index is 15.6. The molecule has 2 fully saturated rings. The summed E-state index contributed by atoms with van der Waals surface area (Å²) in [6.45, 7) is 8.91. The van der Waals surface area contributed by atoms with Gasteiger partial charge >= 0.3 is 210 Å². The molecule has 2 saturated heterocycles. The van der Waals surface area contributed by atoms with Crippen molar-refractivity contribution in [2.45, 2.75) is 60.3 Å². The molecule has 0 aliphatic carbocycles.